The molecule has 0 bridgehead atoms. The van der Waals surface area contributed by atoms with Crippen molar-refractivity contribution < 1.29 is 9.90 Å². The van der Waals surface area contributed by atoms with Gasteiger partial charge in [-0.1, -0.05) is 32.9 Å². The fourth-order valence-electron chi connectivity index (χ4n) is 1.41. The van der Waals surface area contributed by atoms with Gasteiger partial charge in [-0.15, -0.1) is 0 Å². The topological polar surface area (TPSA) is 61.4 Å². The molecule has 0 saturated carbocycles. The van der Waals surface area contributed by atoms with Gasteiger partial charge in [-0.3, -0.25) is 4.79 Å². The van der Waals surface area contributed by atoms with Crippen LogP contribution in [0.1, 0.15) is 38.3 Å². The van der Waals surface area contributed by atoms with Crippen molar-refractivity contribution in [3.63, 3.8) is 0 Å². The van der Waals surface area contributed by atoms with Gasteiger partial charge in [0.25, 0.3) is 0 Å². The van der Waals surface area contributed by atoms with Gasteiger partial charge in [0, 0.05) is 6.54 Å². The van der Waals surface area contributed by atoms with Crippen LogP contribution in [0.3, 0.4) is 0 Å². The largest absolute Gasteiger partial charge is 0.481 e. The molecule has 3 N–H and O–H groups in total. The van der Waals surface area contributed by atoms with Crippen LogP contribution in [0.5, 0.6) is 0 Å². The van der Waals surface area contributed by atoms with E-state index < -0.39 is 5.97 Å². The molecule has 18 heavy (non-hydrogen) atoms. The van der Waals surface area contributed by atoms with E-state index in [0.717, 1.165) is 17.7 Å². The first-order valence-electron chi connectivity index (χ1n) is 6.43. The van der Waals surface area contributed by atoms with E-state index in [1.807, 2.05) is 26.8 Å². The molecule has 4 nitrogen and oxygen atoms in total. The van der Waals surface area contributed by atoms with Crippen molar-refractivity contribution in [3.05, 3.63) is 29.3 Å². The van der Waals surface area contributed by atoms with Gasteiger partial charge in [0.1, 0.15) is 0 Å². The Kier molecular flexibility index (Phi) is 8.66. The van der Waals surface area contributed by atoms with Crippen LogP contribution in [0, 0.1) is 6.92 Å². The van der Waals surface area contributed by atoms with Crippen LogP contribution in [0.25, 0.3) is 0 Å². The highest BCUT2D eigenvalue weighted by Crippen LogP contribution is 2.15. The predicted molar refractivity (Wildman–Crippen MR) is 75.8 cm³/mol. The number of benzene rings is 1. The molecule has 0 fully saturated rings. The zero-order valence-electron chi connectivity index (χ0n) is 11.7. The molecule has 0 heterocycles. The van der Waals surface area contributed by atoms with Crippen molar-refractivity contribution in [2.24, 2.45) is 0 Å². The minimum Gasteiger partial charge on any atom is -0.481 e. The number of hydrogen-bond acceptors (Lipinski definition) is 3. The molecule has 0 aromatic heterocycles. The van der Waals surface area contributed by atoms with Crippen LogP contribution < -0.4 is 10.9 Å². The van der Waals surface area contributed by atoms with Gasteiger partial charge >= 0.3 is 5.97 Å². The SMILES string of the molecule is CC.CCc1ccc(NNCCC(=O)O)c(C)c1. The van der Waals surface area contributed by atoms with Crippen molar-refractivity contribution in [1.29, 1.82) is 0 Å². The second-order valence-corrected chi connectivity index (χ2v) is 3.70. The van der Waals surface area contributed by atoms with E-state index in [-0.39, 0.29) is 6.42 Å². The van der Waals surface area contributed by atoms with Gasteiger partial charge < -0.3 is 10.5 Å². The lowest BCUT2D eigenvalue weighted by Gasteiger charge is -2.11. The summed E-state index contributed by atoms with van der Waals surface area (Å²) in [5.41, 5.74) is 9.33. The standard InChI is InChI=1S/C12H18N2O2.C2H6/c1-3-10-4-5-11(9(2)8-10)14-13-7-6-12(15)16;1-2/h4-5,8,13-14H,3,6-7H2,1-2H3,(H,15,16);1-2H3. The number of hydrazine groups is 1. The molecule has 1 aromatic rings. The molecule has 0 aliphatic carbocycles. The molecular weight excluding hydrogens is 228 g/mol. The van der Waals surface area contributed by atoms with E-state index in [1.54, 1.807) is 0 Å². The minimum absolute atomic E-state index is 0.110. The normalized spacial score (nSPS) is 9.33. The summed E-state index contributed by atoms with van der Waals surface area (Å²) in [5, 5.41) is 8.47. The number of carboxylic acid groups (broad SMARTS) is 1. The molecule has 0 aliphatic heterocycles. The highest BCUT2D eigenvalue weighted by atomic mass is 16.4. The second kappa shape index (κ2) is 9.48. The molecular formula is C14H24N2O2. The van der Waals surface area contributed by atoms with Crippen molar-refractivity contribution in [1.82, 2.24) is 5.43 Å². The number of rotatable bonds is 6. The number of hydrogen-bond donors (Lipinski definition) is 3. The lowest BCUT2D eigenvalue weighted by Crippen LogP contribution is -2.24. The molecule has 0 amide bonds. The Morgan fingerprint density at radius 2 is 2.00 bits per heavy atom. The maximum absolute atomic E-state index is 10.3. The third kappa shape index (κ3) is 6.25. The summed E-state index contributed by atoms with van der Waals surface area (Å²) in [5.74, 6) is -0.799. The van der Waals surface area contributed by atoms with Crippen LogP contribution in [0.4, 0.5) is 5.69 Å². The van der Waals surface area contributed by atoms with Gasteiger partial charge in [0.2, 0.25) is 0 Å². The van der Waals surface area contributed by atoms with E-state index in [2.05, 4.69) is 29.9 Å². The van der Waals surface area contributed by atoms with Gasteiger partial charge in [-0.2, -0.15) is 0 Å². The molecule has 0 spiro atoms. The number of aryl methyl sites for hydroxylation is 2. The smallest absolute Gasteiger partial charge is 0.304 e. The summed E-state index contributed by atoms with van der Waals surface area (Å²) < 4.78 is 0. The Bertz CT molecular complexity index is 365. The number of carbonyl (C=O) groups is 1. The van der Waals surface area contributed by atoms with Crippen molar-refractivity contribution >= 4 is 11.7 Å². The number of aliphatic carboxylic acids is 1. The summed E-state index contributed by atoms with van der Waals surface area (Å²) in [6.07, 6.45) is 1.13. The molecule has 0 atom stereocenters. The quantitative estimate of drug-likeness (QED) is 0.538. The van der Waals surface area contributed by atoms with Gasteiger partial charge in [-0.25, -0.2) is 5.43 Å². The maximum atomic E-state index is 10.3. The monoisotopic (exact) mass is 252 g/mol. The third-order valence-corrected chi connectivity index (χ3v) is 2.39. The Hall–Kier alpha value is -1.55. The summed E-state index contributed by atoms with van der Waals surface area (Å²) in [6, 6.07) is 6.19. The average Bonchev–Trinajstić information content (AvgIpc) is 2.38. The average molecular weight is 252 g/mol. The molecule has 0 saturated heterocycles. The Morgan fingerprint density at radius 3 is 2.50 bits per heavy atom. The van der Waals surface area contributed by atoms with Crippen molar-refractivity contribution in [2.75, 3.05) is 12.0 Å². The van der Waals surface area contributed by atoms with Crippen LogP contribution >= 0.6 is 0 Å². The van der Waals surface area contributed by atoms with E-state index in [0.29, 0.717) is 6.54 Å². The highest BCUT2D eigenvalue weighted by Gasteiger charge is 1.99. The van der Waals surface area contributed by atoms with Gasteiger partial charge in [-0.05, 0) is 30.5 Å². The first-order chi connectivity index (χ1) is 8.63. The molecule has 1 rings (SSSR count). The Morgan fingerprint density at radius 1 is 1.33 bits per heavy atom. The van der Waals surface area contributed by atoms with Crippen molar-refractivity contribution in [2.45, 2.75) is 40.5 Å². The fourth-order valence-corrected chi connectivity index (χ4v) is 1.41. The zero-order chi connectivity index (χ0) is 14.0. The fraction of sp³-hybridized carbons (Fsp3) is 0.500. The number of anilines is 1. The molecule has 0 aliphatic rings. The molecule has 102 valence electrons. The molecule has 1 aromatic carbocycles. The Labute approximate surface area is 109 Å². The first kappa shape index (κ1) is 16.4. The summed E-state index contributed by atoms with van der Waals surface area (Å²) in [4.78, 5) is 10.3. The molecule has 0 unspecified atom stereocenters. The number of carboxylic acids is 1. The molecule has 4 heteroatoms. The summed E-state index contributed by atoms with van der Waals surface area (Å²) >= 11 is 0. The Balaban J connectivity index is 0.00000137. The van der Waals surface area contributed by atoms with Gasteiger partial charge in [0.05, 0.1) is 12.1 Å². The lowest BCUT2D eigenvalue weighted by molar-refractivity contribution is -0.136. The van der Waals surface area contributed by atoms with E-state index in [9.17, 15) is 4.79 Å². The van der Waals surface area contributed by atoms with E-state index in [4.69, 9.17) is 5.11 Å². The minimum atomic E-state index is -0.799. The summed E-state index contributed by atoms with van der Waals surface area (Å²) in [6.45, 7) is 8.55. The summed E-state index contributed by atoms with van der Waals surface area (Å²) in [7, 11) is 0. The lowest BCUT2D eigenvalue weighted by atomic mass is 10.1. The van der Waals surface area contributed by atoms with Crippen LogP contribution in [0.2, 0.25) is 0 Å². The first-order valence-corrected chi connectivity index (χ1v) is 6.43. The highest BCUT2D eigenvalue weighted by molar-refractivity contribution is 5.66. The van der Waals surface area contributed by atoms with Crippen LogP contribution in [0.15, 0.2) is 18.2 Å². The second-order valence-electron chi connectivity index (χ2n) is 3.70. The third-order valence-electron chi connectivity index (χ3n) is 2.39. The predicted octanol–water partition coefficient (Wildman–Crippen LogP) is 2.97. The number of nitrogens with one attached hydrogen (secondary N) is 2. The zero-order valence-corrected chi connectivity index (χ0v) is 11.7. The van der Waals surface area contributed by atoms with Crippen molar-refractivity contribution in [3.8, 4) is 0 Å². The maximum Gasteiger partial charge on any atom is 0.304 e. The van der Waals surface area contributed by atoms with Gasteiger partial charge in [0.15, 0.2) is 0 Å². The van der Waals surface area contributed by atoms with E-state index >= 15 is 0 Å². The van der Waals surface area contributed by atoms with Crippen LogP contribution in [-0.2, 0) is 11.2 Å². The van der Waals surface area contributed by atoms with Crippen LogP contribution in [-0.4, -0.2) is 17.6 Å². The van der Waals surface area contributed by atoms with E-state index in [1.165, 1.54) is 5.56 Å². The molecule has 0 radical (unpaired) electrons.